The molecule has 0 aliphatic heterocycles. The first kappa shape index (κ1) is 10.8. The van der Waals surface area contributed by atoms with Crippen LogP contribution < -0.4 is 0 Å². The van der Waals surface area contributed by atoms with Crippen molar-refractivity contribution in [1.29, 1.82) is 0 Å². The second-order valence-corrected chi connectivity index (χ2v) is 3.07. The fraction of sp³-hybridized carbons (Fsp3) is 0.222. The molecule has 0 spiro atoms. The molecule has 0 saturated heterocycles. The summed E-state index contributed by atoms with van der Waals surface area (Å²) < 4.78 is 0. The maximum Gasteiger partial charge on any atom is 0.456 e. The van der Waals surface area contributed by atoms with Crippen LogP contribution in [0.5, 0.6) is 0 Å². The summed E-state index contributed by atoms with van der Waals surface area (Å²) in [6, 6.07) is 6.73. The van der Waals surface area contributed by atoms with Gasteiger partial charge in [-0.2, -0.15) is 0 Å². The molecule has 0 fully saturated rings. The van der Waals surface area contributed by atoms with Crippen molar-refractivity contribution < 1.29 is 19.9 Å². The summed E-state index contributed by atoms with van der Waals surface area (Å²) in [5.74, 6) is -0.875. The fourth-order valence-corrected chi connectivity index (χ4v) is 1.18. The first-order valence-corrected chi connectivity index (χ1v) is 4.23. The molecule has 0 heterocycles. The normalized spacial score (nSPS) is 9.86. The Morgan fingerprint density at radius 1 is 1.14 bits per heavy atom. The monoisotopic (exact) mass is 194 g/mol. The molecule has 0 aromatic heterocycles. The standard InChI is InChI=1S/C9H11BO4/c11-9(12)5-7-1-3-8(4-2-7)6-10(13)14/h1-4,13-14H,5-6H2,(H,11,12). The van der Waals surface area contributed by atoms with Gasteiger partial charge in [-0.05, 0) is 5.56 Å². The summed E-state index contributed by atoms with van der Waals surface area (Å²) in [6.45, 7) is 0. The zero-order valence-electron chi connectivity index (χ0n) is 7.55. The lowest BCUT2D eigenvalue weighted by molar-refractivity contribution is -0.136. The average molecular weight is 194 g/mol. The summed E-state index contributed by atoms with van der Waals surface area (Å²) in [7, 11) is -1.36. The van der Waals surface area contributed by atoms with Crippen LogP contribution in [-0.4, -0.2) is 28.2 Å². The molecule has 5 heteroatoms. The van der Waals surface area contributed by atoms with Crippen LogP contribution in [0.3, 0.4) is 0 Å². The molecule has 1 aromatic carbocycles. The smallest absolute Gasteiger partial charge is 0.456 e. The second kappa shape index (κ2) is 4.78. The molecule has 3 N–H and O–H groups in total. The molecular formula is C9H11BO4. The van der Waals surface area contributed by atoms with Gasteiger partial charge in [-0.1, -0.05) is 29.8 Å². The van der Waals surface area contributed by atoms with Crippen molar-refractivity contribution in [3.8, 4) is 0 Å². The highest BCUT2D eigenvalue weighted by Gasteiger charge is 2.07. The number of benzene rings is 1. The van der Waals surface area contributed by atoms with Crippen molar-refractivity contribution in [3.63, 3.8) is 0 Å². The minimum Gasteiger partial charge on any atom is -0.481 e. The van der Waals surface area contributed by atoms with E-state index in [1.165, 1.54) is 0 Å². The van der Waals surface area contributed by atoms with Crippen molar-refractivity contribution in [2.75, 3.05) is 0 Å². The van der Waals surface area contributed by atoms with Gasteiger partial charge in [-0.15, -0.1) is 0 Å². The largest absolute Gasteiger partial charge is 0.481 e. The Balaban J connectivity index is 2.63. The SMILES string of the molecule is O=C(O)Cc1ccc(CB(O)O)cc1. The predicted octanol–water partition coefficient (Wildman–Crippen LogP) is -0.132. The molecule has 0 amide bonds. The van der Waals surface area contributed by atoms with E-state index in [4.69, 9.17) is 15.2 Å². The van der Waals surface area contributed by atoms with Crippen LogP contribution in [0, 0.1) is 0 Å². The maximum atomic E-state index is 10.4. The molecule has 4 nitrogen and oxygen atoms in total. The van der Waals surface area contributed by atoms with Gasteiger partial charge < -0.3 is 15.2 Å². The van der Waals surface area contributed by atoms with Crippen LogP contribution in [0.2, 0.25) is 0 Å². The third kappa shape index (κ3) is 3.59. The van der Waals surface area contributed by atoms with E-state index in [2.05, 4.69) is 0 Å². The quantitative estimate of drug-likeness (QED) is 0.583. The van der Waals surface area contributed by atoms with E-state index in [0.717, 1.165) is 5.56 Å². The molecule has 0 unspecified atom stereocenters. The fourth-order valence-electron chi connectivity index (χ4n) is 1.18. The Labute approximate surface area is 82.0 Å². The molecule has 14 heavy (non-hydrogen) atoms. The number of rotatable bonds is 4. The van der Waals surface area contributed by atoms with Crippen LogP contribution in [0.4, 0.5) is 0 Å². The molecular weight excluding hydrogens is 183 g/mol. The highest BCUT2D eigenvalue weighted by atomic mass is 16.4. The van der Waals surface area contributed by atoms with E-state index in [9.17, 15) is 4.79 Å². The number of hydrogen-bond acceptors (Lipinski definition) is 3. The third-order valence-corrected chi connectivity index (χ3v) is 1.80. The molecule has 0 aliphatic rings. The Kier molecular flexibility index (Phi) is 3.68. The van der Waals surface area contributed by atoms with Gasteiger partial charge in [-0.25, -0.2) is 0 Å². The van der Waals surface area contributed by atoms with Crippen molar-refractivity contribution in [2.24, 2.45) is 0 Å². The van der Waals surface area contributed by atoms with E-state index in [1.54, 1.807) is 24.3 Å². The van der Waals surface area contributed by atoms with Gasteiger partial charge in [0, 0.05) is 6.32 Å². The van der Waals surface area contributed by atoms with Crippen LogP contribution in [-0.2, 0) is 17.5 Å². The molecule has 0 saturated carbocycles. The number of carboxylic acid groups (broad SMARTS) is 1. The van der Waals surface area contributed by atoms with Crippen molar-refractivity contribution in [2.45, 2.75) is 12.7 Å². The van der Waals surface area contributed by atoms with E-state index >= 15 is 0 Å². The third-order valence-electron chi connectivity index (χ3n) is 1.80. The van der Waals surface area contributed by atoms with Gasteiger partial charge in [0.1, 0.15) is 0 Å². The van der Waals surface area contributed by atoms with Crippen LogP contribution in [0.1, 0.15) is 11.1 Å². The number of carboxylic acids is 1. The van der Waals surface area contributed by atoms with Gasteiger partial charge in [-0.3, -0.25) is 4.79 Å². The lowest BCUT2D eigenvalue weighted by Gasteiger charge is -2.01. The van der Waals surface area contributed by atoms with Crippen molar-refractivity contribution >= 4 is 13.1 Å². The highest BCUT2D eigenvalue weighted by Crippen LogP contribution is 2.06. The Morgan fingerprint density at radius 3 is 2.07 bits per heavy atom. The predicted molar refractivity (Wildman–Crippen MR) is 51.7 cm³/mol. The minimum atomic E-state index is -1.36. The van der Waals surface area contributed by atoms with Crippen LogP contribution >= 0.6 is 0 Å². The van der Waals surface area contributed by atoms with Gasteiger partial charge in [0.2, 0.25) is 0 Å². The maximum absolute atomic E-state index is 10.4. The summed E-state index contributed by atoms with van der Waals surface area (Å²) in [4.78, 5) is 10.4. The summed E-state index contributed by atoms with van der Waals surface area (Å²) in [5, 5.41) is 25.9. The first-order valence-electron chi connectivity index (χ1n) is 4.23. The lowest BCUT2D eigenvalue weighted by atomic mass is 9.82. The Hall–Kier alpha value is -1.33. The van der Waals surface area contributed by atoms with Crippen molar-refractivity contribution in [1.82, 2.24) is 0 Å². The lowest BCUT2D eigenvalue weighted by Crippen LogP contribution is -2.15. The molecule has 74 valence electrons. The summed E-state index contributed by atoms with van der Waals surface area (Å²) >= 11 is 0. The van der Waals surface area contributed by atoms with Gasteiger partial charge in [0.15, 0.2) is 0 Å². The van der Waals surface area contributed by atoms with Crippen LogP contribution in [0.15, 0.2) is 24.3 Å². The molecule has 1 aromatic rings. The minimum absolute atomic E-state index is 0.0119. The summed E-state index contributed by atoms with van der Waals surface area (Å²) in [6.07, 6.45) is 0.148. The van der Waals surface area contributed by atoms with Crippen molar-refractivity contribution in [3.05, 3.63) is 35.4 Å². The molecule has 0 radical (unpaired) electrons. The topological polar surface area (TPSA) is 77.8 Å². The van der Waals surface area contributed by atoms with Gasteiger partial charge in [0.05, 0.1) is 6.42 Å². The summed E-state index contributed by atoms with van der Waals surface area (Å²) in [5.41, 5.74) is 1.47. The van der Waals surface area contributed by atoms with Crippen LogP contribution in [0.25, 0.3) is 0 Å². The van der Waals surface area contributed by atoms with E-state index in [1.807, 2.05) is 0 Å². The van der Waals surface area contributed by atoms with E-state index in [0.29, 0.717) is 5.56 Å². The van der Waals surface area contributed by atoms with Gasteiger partial charge >= 0.3 is 13.1 Å². The molecule has 0 atom stereocenters. The highest BCUT2D eigenvalue weighted by molar-refractivity contribution is 6.40. The first-order chi connectivity index (χ1) is 6.58. The zero-order chi connectivity index (χ0) is 10.6. The number of carbonyl (C=O) groups is 1. The number of aliphatic carboxylic acids is 1. The van der Waals surface area contributed by atoms with E-state index in [-0.39, 0.29) is 12.7 Å². The Bertz CT molecular complexity index is 307. The molecule has 0 aliphatic carbocycles. The molecule has 1 rings (SSSR count). The second-order valence-electron chi connectivity index (χ2n) is 3.07. The Morgan fingerprint density at radius 2 is 1.64 bits per heavy atom. The van der Waals surface area contributed by atoms with Gasteiger partial charge in [0.25, 0.3) is 0 Å². The molecule has 0 bridgehead atoms. The zero-order valence-corrected chi connectivity index (χ0v) is 7.55. The average Bonchev–Trinajstić information content (AvgIpc) is 2.06. The number of hydrogen-bond donors (Lipinski definition) is 3. The van der Waals surface area contributed by atoms with E-state index < -0.39 is 13.1 Å².